The number of likely N-dealkylation sites (tertiary alicyclic amines) is 1. The molecule has 0 spiro atoms. The predicted octanol–water partition coefficient (Wildman–Crippen LogP) is 1.46. The Morgan fingerprint density at radius 1 is 1.46 bits per heavy atom. The lowest BCUT2D eigenvalue weighted by Crippen LogP contribution is -2.52. The van der Waals surface area contributed by atoms with E-state index in [1.54, 1.807) is 16.3 Å². The van der Waals surface area contributed by atoms with Crippen molar-refractivity contribution in [1.29, 1.82) is 0 Å². The van der Waals surface area contributed by atoms with E-state index >= 15 is 0 Å². The summed E-state index contributed by atoms with van der Waals surface area (Å²) in [6.45, 7) is 4.60. The van der Waals surface area contributed by atoms with E-state index in [0.29, 0.717) is 24.9 Å². The van der Waals surface area contributed by atoms with Crippen LogP contribution in [0.5, 0.6) is 0 Å². The Morgan fingerprint density at radius 2 is 2.25 bits per heavy atom. The monoisotopic (exact) mass is 350 g/mol. The SMILES string of the molecule is CC(C)CC(NC(=O)c1ccsc1)C(=O)N1CC[C@H]2OCC(=O)[C@H]21. The number of ketones is 1. The number of rotatable bonds is 5. The summed E-state index contributed by atoms with van der Waals surface area (Å²) in [7, 11) is 0. The van der Waals surface area contributed by atoms with E-state index in [-0.39, 0.29) is 36.2 Å². The molecule has 6 nitrogen and oxygen atoms in total. The Kier molecular flexibility index (Phi) is 5.01. The molecular weight excluding hydrogens is 328 g/mol. The number of hydrogen-bond donors (Lipinski definition) is 1. The van der Waals surface area contributed by atoms with Crippen molar-refractivity contribution in [3.63, 3.8) is 0 Å². The molecule has 7 heteroatoms. The van der Waals surface area contributed by atoms with Gasteiger partial charge in [0.15, 0.2) is 5.78 Å². The first-order chi connectivity index (χ1) is 11.5. The quantitative estimate of drug-likeness (QED) is 0.872. The van der Waals surface area contributed by atoms with Gasteiger partial charge >= 0.3 is 0 Å². The standard InChI is InChI=1S/C17H22N2O4S/c1-10(2)7-12(18-16(21)11-4-6-24-9-11)17(22)19-5-3-14-15(19)13(20)8-23-14/h4,6,9-10,12,14-15H,3,5,7-8H2,1-2H3,(H,18,21)/t12?,14-,15-/m1/s1. The van der Waals surface area contributed by atoms with Crippen LogP contribution in [0, 0.1) is 5.92 Å². The van der Waals surface area contributed by atoms with Gasteiger partial charge in [0, 0.05) is 11.9 Å². The molecule has 3 atom stereocenters. The molecule has 2 aliphatic rings. The molecule has 1 N–H and O–H groups in total. The van der Waals surface area contributed by atoms with Gasteiger partial charge in [0.25, 0.3) is 5.91 Å². The first kappa shape index (κ1) is 17.1. The summed E-state index contributed by atoms with van der Waals surface area (Å²) in [6.07, 6.45) is 1.03. The first-order valence-corrected chi connectivity index (χ1v) is 9.19. The Morgan fingerprint density at radius 3 is 2.92 bits per heavy atom. The van der Waals surface area contributed by atoms with E-state index in [1.165, 1.54) is 11.3 Å². The van der Waals surface area contributed by atoms with Crippen LogP contribution >= 0.6 is 11.3 Å². The molecule has 2 amide bonds. The fourth-order valence-electron chi connectivity index (χ4n) is 3.37. The summed E-state index contributed by atoms with van der Waals surface area (Å²) in [5.41, 5.74) is 0.557. The van der Waals surface area contributed by atoms with Gasteiger partial charge in [-0.15, -0.1) is 0 Å². The summed E-state index contributed by atoms with van der Waals surface area (Å²) in [5.74, 6) is -0.229. The first-order valence-electron chi connectivity index (χ1n) is 8.25. The van der Waals surface area contributed by atoms with Crippen molar-refractivity contribution >= 4 is 28.9 Å². The molecule has 0 bridgehead atoms. The maximum atomic E-state index is 13.0. The van der Waals surface area contributed by atoms with Gasteiger partial charge in [-0.05, 0) is 30.2 Å². The summed E-state index contributed by atoms with van der Waals surface area (Å²) in [6, 6.07) is 0.631. The van der Waals surface area contributed by atoms with Crippen molar-refractivity contribution in [3.8, 4) is 0 Å². The van der Waals surface area contributed by atoms with Gasteiger partial charge < -0.3 is 15.0 Å². The summed E-state index contributed by atoms with van der Waals surface area (Å²) >= 11 is 1.44. The van der Waals surface area contributed by atoms with Gasteiger partial charge in [0.1, 0.15) is 18.7 Å². The number of ether oxygens (including phenoxy) is 1. The Hall–Kier alpha value is -1.73. The number of carbonyl (C=O) groups is 3. The third-order valence-electron chi connectivity index (χ3n) is 4.49. The average Bonchev–Trinajstić information content (AvgIpc) is 3.24. The van der Waals surface area contributed by atoms with E-state index in [4.69, 9.17) is 4.74 Å². The number of nitrogens with zero attached hydrogens (tertiary/aromatic N) is 1. The minimum absolute atomic E-state index is 0.0432. The maximum absolute atomic E-state index is 13.0. The second-order valence-electron chi connectivity index (χ2n) is 6.75. The fraction of sp³-hybridized carbons (Fsp3) is 0.588. The average molecular weight is 350 g/mol. The topological polar surface area (TPSA) is 75.7 Å². The molecule has 0 aromatic carbocycles. The number of Topliss-reactive ketones (excluding diaryl/α,β-unsaturated/α-hetero) is 1. The molecule has 1 aromatic rings. The van der Waals surface area contributed by atoms with Crippen LogP contribution < -0.4 is 5.32 Å². The Bertz CT molecular complexity index is 629. The normalized spacial score (nSPS) is 24.3. The molecule has 0 aliphatic carbocycles. The molecule has 2 saturated heterocycles. The number of carbonyl (C=O) groups excluding carboxylic acids is 3. The van der Waals surface area contributed by atoms with Crippen molar-refractivity contribution in [2.45, 2.75) is 44.9 Å². The highest BCUT2D eigenvalue weighted by Gasteiger charge is 2.48. The van der Waals surface area contributed by atoms with Crippen LogP contribution in [0.1, 0.15) is 37.0 Å². The van der Waals surface area contributed by atoms with Gasteiger partial charge in [-0.25, -0.2) is 0 Å². The van der Waals surface area contributed by atoms with E-state index in [2.05, 4.69) is 5.32 Å². The van der Waals surface area contributed by atoms with Crippen molar-refractivity contribution < 1.29 is 19.1 Å². The largest absolute Gasteiger partial charge is 0.368 e. The highest BCUT2D eigenvalue weighted by Crippen LogP contribution is 2.28. The molecule has 1 unspecified atom stereocenters. The van der Waals surface area contributed by atoms with Crippen LogP contribution in [0.4, 0.5) is 0 Å². The van der Waals surface area contributed by atoms with E-state index in [9.17, 15) is 14.4 Å². The summed E-state index contributed by atoms with van der Waals surface area (Å²) < 4.78 is 5.44. The lowest BCUT2D eigenvalue weighted by atomic mass is 10.0. The van der Waals surface area contributed by atoms with Crippen LogP contribution in [0.15, 0.2) is 16.8 Å². The molecule has 3 rings (SSSR count). The van der Waals surface area contributed by atoms with E-state index in [0.717, 1.165) is 0 Å². The predicted molar refractivity (Wildman–Crippen MR) is 89.9 cm³/mol. The second kappa shape index (κ2) is 7.03. The molecule has 2 aliphatic heterocycles. The Balaban J connectivity index is 1.74. The van der Waals surface area contributed by atoms with Gasteiger partial charge in [-0.3, -0.25) is 14.4 Å². The molecular formula is C17H22N2O4S. The van der Waals surface area contributed by atoms with Gasteiger partial charge in [-0.2, -0.15) is 11.3 Å². The van der Waals surface area contributed by atoms with Gasteiger partial charge in [0.2, 0.25) is 5.91 Å². The smallest absolute Gasteiger partial charge is 0.252 e. The van der Waals surface area contributed by atoms with Crippen molar-refractivity contribution in [2.24, 2.45) is 5.92 Å². The van der Waals surface area contributed by atoms with Crippen LogP contribution in [-0.4, -0.2) is 53.8 Å². The molecule has 2 fully saturated rings. The van der Waals surface area contributed by atoms with E-state index < -0.39 is 12.1 Å². The number of amides is 2. The third kappa shape index (κ3) is 3.37. The molecule has 3 heterocycles. The number of hydrogen-bond acceptors (Lipinski definition) is 5. The van der Waals surface area contributed by atoms with Crippen LogP contribution in [0.25, 0.3) is 0 Å². The highest BCUT2D eigenvalue weighted by molar-refractivity contribution is 7.08. The fourth-order valence-corrected chi connectivity index (χ4v) is 4.01. The zero-order valence-electron chi connectivity index (χ0n) is 13.9. The van der Waals surface area contributed by atoms with E-state index in [1.807, 2.05) is 19.2 Å². The lowest BCUT2D eigenvalue weighted by Gasteiger charge is -2.28. The number of fused-ring (bicyclic) bond motifs is 1. The number of nitrogens with one attached hydrogen (secondary N) is 1. The van der Waals surface area contributed by atoms with Crippen molar-refractivity contribution in [2.75, 3.05) is 13.2 Å². The van der Waals surface area contributed by atoms with Crippen LogP contribution in [0.3, 0.4) is 0 Å². The molecule has 0 saturated carbocycles. The highest BCUT2D eigenvalue weighted by atomic mass is 32.1. The second-order valence-corrected chi connectivity index (χ2v) is 7.53. The summed E-state index contributed by atoms with van der Waals surface area (Å²) in [4.78, 5) is 38.9. The maximum Gasteiger partial charge on any atom is 0.252 e. The third-order valence-corrected chi connectivity index (χ3v) is 5.17. The minimum atomic E-state index is -0.621. The Labute approximate surface area is 145 Å². The molecule has 130 valence electrons. The van der Waals surface area contributed by atoms with Gasteiger partial charge in [0.05, 0.1) is 11.7 Å². The molecule has 1 aromatic heterocycles. The molecule has 24 heavy (non-hydrogen) atoms. The zero-order valence-corrected chi connectivity index (χ0v) is 14.7. The zero-order chi connectivity index (χ0) is 17.3. The van der Waals surface area contributed by atoms with Crippen molar-refractivity contribution in [3.05, 3.63) is 22.4 Å². The van der Waals surface area contributed by atoms with Crippen LogP contribution in [0.2, 0.25) is 0 Å². The van der Waals surface area contributed by atoms with Crippen molar-refractivity contribution in [1.82, 2.24) is 10.2 Å². The van der Waals surface area contributed by atoms with Crippen LogP contribution in [-0.2, 0) is 14.3 Å². The lowest BCUT2D eigenvalue weighted by molar-refractivity contribution is -0.138. The summed E-state index contributed by atoms with van der Waals surface area (Å²) in [5, 5.41) is 6.43. The minimum Gasteiger partial charge on any atom is -0.368 e. The molecule has 0 radical (unpaired) electrons. The van der Waals surface area contributed by atoms with Gasteiger partial charge in [-0.1, -0.05) is 13.8 Å². The number of thiophene rings is 1.